The number of alkyl halides is 4. The van der Waals surface area contributed by atoms with Gasteiger partial charge in [0.25, 0.3) is 0 Å². The molecule has 184 valence electrons. The monoisotopic (exact) mass is 487 g/mol. The van der Waals surface area contributed by atoms with Gasteiger partial charge in [-0.3, -0.25) is 4.90 Å². The number of rotatable bonds is 6. The molecule has 0 saturated carbocycles. The molecule has 0 radical (unpaired) electrons. The molecule has 2 amide bonds. The normalized spacial score (nSPS) is 21.0. The zero-order valence-electron chi connectivity index (χ0n) is 18.2. The number of aromatic nitrogens is 1. The molecule has 1 aromatic heterocycles. The number of ether oxygens (including phenoxy) is 2. The van der Waals surface area contributed by atoms with Crippen LogP contribution in [-0.2, 0) is 11.2 Å². The minimum Gasteiger partial charge on any atom is -0.529 e. The molecule has 34 heavy (non-hydrogen) atoms. The molecular formula is C22H20F5N2O5-. The van der Waals surface area contributed by atoms with Crippen LogP contribution in [0.15, 0.2) is 42.5 Å². The predicted molar refractivity (Wildman–Crippen MR) is 105 cm³/mol. The van der Waals surface area contributed by atoms with Gasteiger partial charge in [0, 0.05) is 6.42 Å². The van der Waals surface area contributed by atoms with Crippen LogP contribution in [0.4, 0.5) is 31.5 Å². The van der Waals surface area contributed by atoms with Gasteiger partial charge in [-0.15, -0.1) is 0 Å². The molecular weight excluding hydrogens is 467 g/mol. The number of nitrogens with zero attached hydrogens (tertiary/aromatic N) is 2. The van der Waals surface area contributed by atoms with E-state index in [1.54, 1.807) is 20.8 Å². The van der Waals surface area contributed by atoms with Crippen LogP contribution >= 0.6 is 0 Å². The van der Waals surface area contributed by atoms with Crippen molar-refractivity contribution >= 4 is 12.2 Å². The number of hydrogen-bond acceptors (Lipinski definition) is 6. The van der Waals surface area contributed by atoms with Crippen LogP contribution < -0.4 is 9.84 Å². The van der Waals surface area contributed by atoms with Gasteiger partial charge in [-0.05, 0) is 35.2 Å². The Morgan fingerprint density at radius 1 is 1.24 bits per heavy atom. The van der Waals surface area contributed by atoms with Crippen molar-refractivity contribution in [3.05, 3.63) is 59.7 Å². The Balaban J connectivity index is 2.15. The number of amides is 2. The molecule has 2 unspecified atom stereocenters. The summed E-state index contributed by atoms with van der Waals surface area (Å²) in [6, 6.07) is 8.33. The summed E-state index contributed by atoms with van der Waals surface area (Å²) in [5.41, 5.74) is -2.86. The molecule has 1 aromatic carbocycles. The van der Waals surface area contributed by atoms with Gasteiger partial charge < -0.3 is 19.4 Å². The maximum absolute atomic E-state index is 13.9. The smallest absolute Gasteiger partial charge is 0.461 e. The van der Waals surface area contributed by atoms with Gasteiger partial charge in [0.05, 0.1) is 5.69 Å². The highest BCUT2D eigenvalue weighted by Gasteiger charge is 2.62. The lowest BCUT2D eigenvalue weighted by molar-refractivity contribution is -0.268. The minimum atomic E-state index is -4.77. The van der Waals surface area contributed by atoms with Crippen LogP contribution in [0.25, 0.3) is 0 Å². The molecule has 2 aromatic rings. The Morgan fingerprint density at radius 2 is 1.88 bits per heavy atom. The number of halogens is 5. The number of pyridine rings is 1. The number of benzene rings is 1. The number of carbonyl (C=O) groups is 2. The molecule has 7 nitrogen and oxygen atoms in total. The van der Waals surface area contributed by atoms with Crippen molar-refractivity contribution < 1.29 is 46.1 Å². The third-order valence-electron chi connectivity index (χ3n) is 5.60. The topological polar surface area (TPSA) is 91.8 Å². The number of imide groups is 1. The van der Waals surface area contributed by atoms with Crippen LogP contribution in [0.5, 0.6) is 5.75 Å². The minimum absolute atomic E-state index is 0.0938. The van der Waals surface area contributed by atoms with Gasteiger partial charge in [-0.1, -0.05) is 39.0 Å². The highest BCUT2D eigenvalue weighted by Crippen LogP contribution is 2.53. The summed E-state index contributed by atoms with van der Waals surface area (Å²) in [4.78, 5) is 28.8. The van der Waals surface area contributed by atoms with E-state index in [-0.39, 0.29) is 17.7 Å². The van der Waals surface area contributed by atoms with Crippen molar-refractivity contribution in [2.45, 2.75) is 51.4 Å². The quantitative estimate of drug-likeness (QED) is 0.445. The summed E-state index contributed by atoms with van der Waals surface area (Å²) in [5, 5.41) is 12.1. The van der Waals surface area contributed by atoms with Crippen LogP contribution in [0.3, 0.4) is 0 Å². The summed E-state index contributed by atoms with van der Waals surface area (Å²) in [5.74, 6) is -1.52. The van der Waals surface area contributed by atoms with Crippen molar-refractivity contribution in [1.29, 1.82) is 0 Å². The SMILES string of the molecule is CC(C)(C)C1(Cc2cccc(OC(F)(F)C(F)F)c2)C(c2cccc(F)n2)OC(=O)N1C(=O)[O-]. The first-order valence-electron chi connectivity index (χ1n) is 9.97. The zero-order chi connectivity index (χ0) is 25.5. The summed E-state index contributed by atoms with van der Waals surface area (Å²) >= 11 is 0. The van der Waals surface area contributed by atoms with E-state index in [2.05, 4.69) is 9.72 Å². The Hall–Kier alpha value is -3.44. The summed E-state index contributed by atoms with van der Waals surface area (Å²) < 4.78 is 75.2. The molecule has 1 saturated heterocycles. The van der Waals surface area contributed by atoms with Crippen LogP contribution in [0.1, 0.15) is 38.1 Å². The van der Waals surface area contributed by atoms with Gasteiger partial charge in [0.2, 0.25) is 5.95 Å². The van der Waals surface area contributed by atoms with Crippen LogP contribution in [0, 0.1) is 11.4 Å². The number of carboxylic acid groups (broad SMARTS) is 1. The second kappa shape index (κ2) is 8.73. The second-order valence-corrected chi connectivity index (χ2v) is 8.71. The van der Waals surface area contributed by atoms with E-state index in [1.165, 1.54) is 24.3 Å². The number of carbonyl (C=O) groups excluding carboxylic acids is 2. The van der Waals surface area contributed by atoms with Gasteiger partial charge in [-0.2, -0.15) is 22.0 Å². The summed E-state index contributed by atoms with van der Waals surface area (Å²) in [6.07, 6.45) is -13.8. The maximum Gasteiger partial charge on any atom is 0.461 e. The summed E-state index contributed by atoms with van der Waals surface area (Å²) in [7, 11) is 0. The molecule has 0 spiro atoms. The lowest BCUT2D eigenvalue weighted by atomic mass is 9.65. The molecule has 2 heterocycles. The van der Waals surface area contributed by atoms with Crippen molar-refractivity contribution in [3.8, 4) is 5.75 Å². The Kier molecular flexibility index (Phi) is 6.47. The fourth-order valence-electron chi connectivity index (χ4n) is 4.04. The van der Waals surface area contributed by atoms with E-state index in [9.17, 15) is 36.6 Å². The molecule has 0 aliphatic carbocycles. The van der Waals surface area contributed by atoms with E-state index in [0.29, 0.717) is 4.90 Å². The fraction of sp³-hybridized carbons (Fsp3) is 0.409. The Labute approximate surface area is 191 Å². The second-order valence-electron chi connectivity index (χ2n) is 8.71. The first kappa shape index (κ1) is 25.2. The molecule has 0 bridgehead atoms. The van der Waals surface area contributed by atoms with Crippen LogP contribution in [0.2, 0.25) is 0 Å². The zero-order valence-corrected chi connectivity index (χ0v) is 18.2. The number of hydrogen-bond donors (Lipinski definition) is 0. The Bertz CT molecular complexity index is 1090. The van der Waals surface area contributed by atoms with Crippen molar-refractivity contribution in [3.63, 3.8) is 0 Å². The van der Waals surface area contributed by atoms with E-state index in [0.717, 1.165) is 18.2 Å². The van der Waals surface area contributed by atoms with Gasteiger partial charge in [0.1, 0.15) is 17.4 Å². The average Bonchev–Trinajstić information content (AvgIpc) is 3.01. The van der Waals surface area contributed by atoms with Crippen molar-refractivity contribution in [2.24, 2.45) is 5.41 Å². The highest BCUT2D eigenvalue weighted by atomic mass is 19.3. The fourth-order valence-corrected chi connectivity index (χ4v) is 4.04. The lowest BCUT2D eigenvalue weighted by Crippen LogP contribution is -2.63. The van der Waals surface area contributed by atoms with E-state index >= 15 is 0 Å². The third kappa shape index (κ3) is 4.48. The predicted octanol–water partition coefficient (Wildman–Crippen LogP) is 4.32. The van der Waals surface area contributed by atoms with E-state index < -0.39 is 53.5 Å². The standard InChI is InChI=1S/C22H21F5N2O5/c1-20(2,3)21(11-12-6-4-7-13(10-12)34-22(26,27)17(24)25)16(14-8-5-9-15(23)28-14)33-19(32)29(21)18(30)31/h4-10,16-17H,11H2,1-3H3,(H,30,31)/p-1. The third-order valence-corrected chi connectivity index (χ3v) is 5.60. The largest absolute Gasteiger partial charge is 0.529 e. The molecule has 0 N–H and O–H groups in total. The van der Waals surface area contributed by atoms with Crippen LogP contribution in [-0.4, -0.2) is 40.1 Å². The molecule has 1 fully saturated rings. The number of cyclic esters (lactones) is 1. The molecule has 2 atom stereocenters. The average molecular weight is 487 g/mol. The lowest BCUT2D eigenvalue weighted by Gasteiger charge is -2.48. The molecule has 1 aliphatic rings. The van der Waals surface area contributed by atoms with E-state index in [1.807, 2.05) is 0 Å². The summed E-state index contributed by atoms with van der Waals surface area (Å²) in [6.45, 7) is 4.76. The molecule has 1 aliphatic heterocycles. The van der Waals surface area contributed by atoms with Crippen molar-refractivity contribution in [2.75, 3.05) is 0 Å². The molecule has 12 heteroatoms. The first-order chi connectivity index (χ1) is 15.7. The van der Waals surface area contributed by atoms with Crippen molar-refractivity contribution in [1.82, 2.24) is 9.88 Å². The maximum atomic E-state index is 13.9. The van der Waals surface area contributed by atoms with Gasteiger partial charge in [0.15, 0.2) is 6.10 Å². The first-order valence-corrected chi connectivity index (χ1v) is 9.97. The van der Waals surface area contributed by atoms with E-state index in [4.69, 9.17) is 4.74 Å². The van der Waals surface area contributed by atoms with Gasteiger partial charge in [-0.25, -0.2) is 9.78 Å². The Morgan fingerprint density at radius 3 is 2.44 bits per heavy atom. The highest BCUT2D eigenvalue weighted by molar-refractivity contribution is 5.89. The molecule has 3 rings (SSSR count). The van der Waals surface area contributed by atoms with Gasteiger partial charge >= 0.3 is 18.6 Å².